The van der Waals surface area contributed by atoms with Crippen LogP contribution in [0.2, 0.25) is 0 Å². The van der Waals surface area contributed by atoms with Crippen molar-refractivity contribution in [2.75, 3.05) is 0 Å². The molecule has 0 saturated carbocycles. The standard InChI is InChI=1S/C19H15NO6S/c21-20(22)16-7-4-8-19(13-16)27(23,24)26-18-11-9-17(10-12-18)25-14-15-5-2-1-3-6-15/h1-13H,14H2. The molecule has 0 amide bonds. The van der Waals surface area contributed by atoms with Crippen LogP contribution in [-0.2, 0) is 16.7 Å². The van der Waals surface area contributed by atoms with E-state index in [1.807, 2.05) is 30.3 Å². The number of non-ortho nitro benzene ring substituents is 1. The number of nitro groups is 1. The molecule has 3 aromatic rings. The summed E-state index contributed by atoms with van der Waals surface area (Å²) < 4.78 is 35.3. The maximum Gasteiger partial charge on any atom is 0.339 e. The Morgan fingerprint density at radius 2 is 1.52 bits per heavy atom. The van der Waals surface area contributed by atoms with E-state index in [9.17, 15) is 18.5 Å². The fourth-order valence-electron chi connectivity index (χ4n) is 2.26. The van der Waals surface area contributed by atoms with E-state index in [1.165, 1.54) is 30.3 Å². The van der Waals surface area contributed by atoms with Crippen molar-refractivity contribution in [2.24, 2.45) is 0 Å². The van der Waals surface area contributed by atoms with Crippen molar-refractivity contribution in [2.45, 2.75) is 11.5 Å². The normalized spacial score (nSPS) is 11.0. The van der Waals surface area contributed by atoms with E-state index in [2.05, 4.69) is 0 Å². The second-order valence-corrected chi connectivity index (χ2v) is 7.08. The van der Waals surface area contributed by atoms with Crippen LogP contribution in [0.4, 0.5) is 5.69 Å². The molecule has 0 aliphatic carbocycles. The third kappa shape index (κ3) is 4.83. The van der Waals surface area contributed by atoms with Crippen molar-refractivity contribution >= 4 is 15.8 Å². The Balaban J connectivity index is 1.68. The van der Waals surface area contributed by atoms with Gasteiger partial charge in [0.1, 0.15) is 23.0 Å². The highest BCUT2D eigenvalue weighted by Crippen LogP contribution is 2.24. The SMILES string of the molecule is O=[N+]([O-])c1cccc(S(=O)(=O)Oc2ccc(OCc3ccccc3)cc2)c1. The predicted molar refractivity (Wildman–Crippen MR) is 98.1 cm³/mol. The molecule has 0 saturated heterocycles. The first-order chi connectivity index (χ1) is 12.9. The lowest BCUT2D eigenvalue weighted by molar-refractivity contribution is -0.385. The van der Waals surface area contributed by atoms with Crippen LogP contribution in [0.5, 0.6) is 11.5 Å². The fourth-order valence-corrected chi connectivity index (χ4v) is 3.23. The molecule has 0 aromatic heterocycles. The molecule has 0 bridgehead atoms. The first-order valence-electron chi connectivity index (χ1n) is 7.90. The highest BCUT2D eigenvalue weighted by atomic mass is 32.2. The van der Waals surface area contributed by atoms with Crippen LogP contribution in [0.25, 0.3) is 0 Å². The summed E-state index contributed by atoms with van der Waals surface area (Å²) >= 11 is 0. The molecule has 27 heavy (non-hydrogen) atoms. The third-order valence-electron chi connectivity index (χ3n) is 3.60. The summed E-state index contributed by atoms with van der Waals surface area (Å²) in [6.45, 7) is 0.382. The van der Waals surface area contributed by atoms with Gasteiger partial charge < -0.3 is 8.92 Å². The van der Waals surface area contributed by atoms with Gasteiger partial charge in [-0.1, -0.05) is 36.4 Å². The molecule has 3 rings (SSSR count). The van der Waals surface area contributed by atoms with E-state index in [4.69, 9.17) is 8.92 Å². The van der Waals surface area contributed by atoms with Gasteiger partial charge in [0.25, 0.3) is 5.69 Å². The summed E-state index contributed by atoms with van der Waals surface area (Å²) in [6, 6.07) is 20.4. The lowest BCUT2D eigenvalue weighted by Gasteiger charge is -2.09. The van der Waals surface area contributed by atoms with E-state index < -0.39 is 15.0 Å². The minimum absolute atomic E-state index is 0.0774. The molecule has 8 heteroatoms. The van der Waals surface area contributed by atoms with Crippen molar-refractivity contribution in [1.82, 2.24) is 0 Å². The number of hydrogen-bond donors (Lipinski definition) is 0. The molecule has 0 N–H and O–H groups in total. The summed E-state index contributed by atoms with van der Waals surface area (Å²) in [5, 5.41) is 10.8. The lowest BCUT2D eigenvalue weighted by atomic mass is 10.2. The van der Waals surface area contributed by atoms with Crippen molar-refractivity contribution in [3.8, 4) is 11.5 Å². The number of rotatable bonds is 7. The van der Waals surface area contributed by atoms with Crippen LogP contribution < -0.4 is 8.92 Å². The molecule has 3 aromatic carbocycles. The van der Waals surface area contributed by atoms with Crippen LogP contribution in [0, 0.1) is 10.1 Å². The van der Waals surface area contributed by atoms with E-state index in [-0.39, 0.29) is 16.3 Å². The Kier molecular flexibility index (Phi) is 5.37. The Morgan fingerprint density at radius 1 is 0.852 bits per heavy atom. The average Bonchev–Trinajstić information content (AvgIpc) is 2.68. The molecule has 0 radical (unpaired) electrons. The van der Waals surface area contributed by atoms with Crippen LogP contribution in [0.15, 0.2) is 83.8 Å². The van der Waals surface area contributed by atoms with Gasteiger partial charge in [-0.3, -0.25) is 10.1 Å². The monoisotopic (exact) mass is 385 g/mol. The zero-order chi connectivity index (χ0) is 19.3. The molecule has 138 valence electrons. The number of nitro benzene ring substituents is 1. The van der Waals surface area contributed by atoms with Gasteiger partial charge in [0, 0.05) is 12.1 Å². The number of benzene rings is 3. The summed E-state index contributed by atoms with van der Waals surface area (Å²) in [5.74, 6) is 0.632. The first-order valence-corrected chi connectivity index (χ1v) is 9.31. The topological polar surface area (TPSA) is 95.7 Å². The number of nitrogens with zero attached hydrogens (tertiary/aromatic N) is 1. The largest absolute Gasteiger partial charge is 0.489 e. The van der Waals surface area contributed by atoms with Gasteiger partial charge in [-0.25, -0.2) is 0 Å². The molecular weight excluding hydrogens is 370 g/mol. The van der Waals surface area contributed by atoms with E-state index >= 15 is 0 Å². The van der Waals surface area contributed by atoms with Gasteiger partial charge in [0.05, 0.1) is 4.92 Å². The maximum atomic E-state index is 12.3. The quantitative estimate of drug-likeness (QED) is 0.347. The summed E-state index contributed by atoms with van der Waals surface area (Å²) in [5.41, 5.74) is 0.676. The molecule has 0 heterocycles. The summed E-state index contributed by atoms with van der Waals surface area (Å²) in [4.78, 5) is 9.84. The average molecular weight is 385 g/mol. The first kappa shape index (κ1) is 18.4. The highest BCUT2D eigenvalue weighted by molar-refractivity contribution is 7.87. The minimum Gasteiger partial charge on any atom is -0.489 e. The smallest absolute Gasteiger partial charge is 0.339 e. The van der Waals surface area contributed by atoms with Gasteiger partial charge in [-0.05, 0) is 35.9 Å². The third-order valence-corrected chi connectivity index (χ3v) is 4.84. The van der Waals surface area contributed by atoms with Gasteiger partial charge in [-0.2, -0.15) is 8.42 Å². The Bertz CT molecular complexity index is 1030. The second kappa shape index (κ2) is 7.88. The van der Waals surface area contributed by atoms with Gasteiger partial charge in [-0.15, -0.1) is 0 Å². The molecule has 0 spiro atoms. The molecule has 0 atom stereocenters. The zero-order valence-electron chi connectivity index (χ0n) is 14.0. The molecule has 0 aliphatic rings. The molecule has 0 unspecified atom stereocenters. The van der Waals surface area contributed by atoms with E-state index in [1.54, 1.807) is 12.1 Å². The Morgan fingerprint density at radius 3 is 2.19 bits per heavy atom. The Hall–Kier alpha value is -3.39. The van der Waals surface area contributed by atoms with E-state index in [0.717, 1.165) is 11.6 Å². The number of hydrogen-bond acceptors (Lipinski definition) is 6. The van der Waals surface area contributed by atoms with Crippen LogP contribution in [-0.4, -0.2) is 13.3 Å². The van der Waals surface area contributed by atoms with Gasteiger partial charge in [0.15, 0.2) is 0 Å². The molecule has 0 aliphatic heterocycles. The zero-order valence-corrected chi connectivity index (χ0v) is 14.8. The Labute approximate surface area is 156 Å². The molecular formula is C19H15NO6S. The van der Waals surface area contributed by atoms with Crippen LogP contribution >= 0.6 is 0 Å². The second-order valence-electron chi connectivity index (χ2n) is 5.54. The van der Waals surface area contributed by atoms with Crippen molar-refractivity contribution in [1.29, 1.82) is 0 Å². The van der Waals surface area contributed by atoms with Crippen molar-refractivity contribution < 1.29 is 22.3 Å². The molecule has 7 nitrogen and oxygen atoms in total. The lowest BCUT2D eigenvalue weighted by Crippen LogP contribution is -2.10. The highest BCUT2D eigenvalue weighted by Gasteiger charge is 2.19. The van der Waals surface area contributed by atoms with Gasteiger partial charge >= 0.3 is 10.1 Å². The van der Waals surface area contributed by atoms with Crippen LogP contribution in [0.3, 0.4) is 0 Å². The predicted octanol–water partition coefficient (Wildman–Crippen LogP) is 3.94. The van der Waals surface area contributed by atoms with Gasteiger partial charge in [0.2, 0.25) is 0 Å². The summed E-state index contributed by atoms with van der Waals surface area (Å²) in [7, 11) is -4.18. The number of ether oxygens (including phenoxy) is 1. The molecule has 0 fully saturated rings. The van der Waals surface area contributed by atoms with E-state index in [0.29, 0.717) is 12.4 Å². The van der Waals surface area contributed by atoms with Crippen molar-refractivity contribution in [3.63, 3.8) is 0 Å². The van der Waals surface area contributed by atoms with Crippen molar-refractivity contribution in [3.05, 3.63) is 94.5 Å². The van der Waals surface area contributed by atoms with Crippen LogP contribution in [0.1, 0.15) is 5.56 Å². The minimum atomic E-state index is -4.18. The summed E-state index contributed by atoms with van der Waals surface area (Å²) in [6.07, 6.45) is 0. The fraction of sp³-hybridized carbons (Fsp3) is 0.0526. The maximum absolute atomic E-state index is 12.3.